The van der Waals surface area contributed by atoms with Crippen molar-refractivity contribution in [2.45, 2.75) is 53.6 Å². The Morgan fingerprint density at radius 2 is 1.74 bits per heavy atom. The van der Waals surface area contributed by atoms with E-state index in [0.29, 0.717) is 0 Å². The lowest BCUT2D eigenvalue weighted by molar-refractivity contribution is 0.274. The van der Waals surface area contributed by atoms with Crippen LogP contribution in [0.15, 0.2) is 12.1 Å². The molecular weight excluding hydrogens is 306 g/mol. The van der Waals surface area contributed by atoms with E-state index in [1.165, 1.54) is 16.7 Å². The summed E-state index contributed by atoms with van der Waals surface area (Å²) in [6, 6.07) is 4.32. The SMILES string of the molecule is Cc1cc(C)c(-c2nc3sc(C(C)(C)C)nn3c2CO)c(C)c1. The predicted molar refractivity (Wildman–Crippen MR) is 95.1 cm³/mol. The minimum absolute atomic E-state index is 0.0199. The van der Waals surface area contributed by atoms with Gasteiger partial charge in [0.15, 0.2) is 0 Å². The van der Waals surface area contributed by atoms with Crippen LogP contribution >= 0.6 is 11.3 Å². The molecule has 0 aliphatic rings. The molecule has 0 bridgehead atoms. The third-order valence-electron chi connectivity index (χ3n) is 4.00. The minimum atomic E-state index is -0.0728. The molecule has 0 fully saturated rings. The number of hydrogen-bond donors (Lipinski definition) is 1. The maximum atomic E-state index is 9.92. The first kappa shape index (κ1) is 16.1. The van der Waals surface area contributed by atoms with Crippen LogP contribution in [0.2, 0.25) is 0 Å². The predicted octanol–water partition coefficient (Wildman–Crippen LogP) is 4.17. The van der Waals surface area contributed by atoms with Crippen LogP contribution in [0.5, 0.6) is 0 Å². The molecule has 1 aromatic carbocycles. The molecule has 2 heterocycles. The zero-order chi connectivity index (χ0) is 16.9. The summed E-state index contributed by atoms with van der Waals surface area (Å²) in [6.45, 7) is 12.6. The second-order valence-corrected chi connectivity index (χ2v) is 8.15. The van der Waals surface area contributed by atoms with E-state index in [4.69, 9.17) is 10.1 Å². The number of aryl methyl sites for hydroxylation is 3. The van der Waals surface area contributed by atoms with Gasteiger partial charge in [0, 0.05) is 11.0 Å². The third-order valence-corrected chi connectivity index (χ3v) is 5.34. The van der Waals surface area contributed by atoms with Crippen LogP contribution in [0.3, 0.4) is 0 Å². The molecule has 0 aliphatic carbocycles. The van der Waals surface area contributed by atoms with Crippen molar-refractivity contribution in [3.8, 4) is 11.3 Å². The average Bonchev–Trinajstić information content (AvgIpc) is 2.94. The van der Waals surface area contributed by atoms with Gasteiger partial charge in [-0.1, -0.05) is 49.8 Å². The van der Waals surface area contributed by atoms with Crippen molar-refractivity contribution in [3.05, 3.63) is 39.5 Å². The number of aliphatic hydroxyl groups excluding tert-OH is 1. The number of hydrogen-bond acceptors (Lipinski definition) is 4. The number of fused-ring (bicyclic) bond motifs is 1. The highest BCUT2D eigenvalue weighted by Crippen LogP contribution is 2.34. The molecular formula is C18H23N3OS. The quantitative estimate of drug-likeness (QED) is 0.767. The maximum Gasteiger partial charge on any atom is 0.213 e. The molecule has 0 amide bonds. The summed E-state index contributed by atoms with van der Waals surface area (Å²) in [4.78, 5) is 5.64. The summed E-state index contributed by atoms with van der Waals surface area (Å²) >= 11 is 1.59. The first-order valence-corrected chi connectivity index (χ1v) is 8.62. The van der Waals surface area contributed by atoms with E-state index in [2.05, 4.69) is 53.7 Å². The number of rotatable bonds is 2. The Kier molecular flexibility index (Phi) is 3.81. The van der Waals surface area contributed by atoms with Gasteiger partial charge in [-0.3, -0.25) is 0 Å². The lowest BCUT2D eigenvalue weighted by atomic mass is 9.96. The summed E-state index contributed by atoms with van der Waals surface area (Å²) in [5.41, 5.74) is 6.30. The number of aromatic nitrogens is 3. The Labute approximate surface area is 140 Å². The van der Waals surface area contributed by atoms with Crippen LogP contribution in [0.1, 0.15) is 48.2 Å². The van der Waals surface area contributed by atoms with Gasteiger partial charge in [0.1, 0.15) is 5.01 Å². The van der Waals surface area contributed by atoms with Crippen molar-refractivity contribution in [2.24, 2.45) is 0 Å². The first-order valence-electron chi connectivity index (χ1n) is 7.80. The molecule has 5 heteroatoms. The standard InChI is InChI=1S/C18H23N3OS/c1-10-7-11(2)14(12(3)8-10)15-13(9-22)21-17(19-15)23-16(20-21)18(4,5)6/h7-8,22H,9H2,1-6H3. The molecule has 0 spiro atoms. The first-order chi connectivity index (χ1) is 10.7. The van der Waals surface area contributed by atoms with E-state index in [0.717, 1.165) is 26.9 Å². The summed E-state index contributed by atoms with van der Waals surface area (Å²) in [7, 11) is 0. The Balaban J connectivity index is 2.26. The largest absolute Gasteiger partial charge is 0.390 e. The van der Waals surface area contributed by atoms with Gasteiger partial charge in [0.05, 0.1) is 18.0 Å². The van der Waals surface area contributed by atoms with Crippen molar-refractivity contribution >= 4 is 16.3 Å². The lowest BCUT2D eigenvalue weighted by Crippen LogP contribution is -2.11. The second kappa shape index (κ2) is 5.42. The van der Waals surface area contributed by atoms with Crippen LogP contribution in [-0.2, 0) is 12.0 Å². The molecule has 4 nitrogen and oxygen atoms in total. The molecule has 2 aromatic heterocycles. The van der Waals surface area contributed by atoms with Crippen LogP contribution < -0.4 is 0 Å². The van der Waals surface area contributed by atoms with Crippen molar-refractivity contribution in [1.29, 1.82) is 0 Å². The molecule has 23 heavy (non-hydrogen) atoms. The van der Waals surface area contributed by atoms with Crippen LogP contribution in [-0.4, -0.2) is 19.7 Å². The number of benzene rings is 1. The fraction of sp³-hybridized carbons (Fsp3) is 0.444. The molecule has 1 N–H and O–H groups in total. The topological polar surface area (TPSA) is 50.4 Å². The zero-order valence-electron chi connectivity index (χ0n) is 14.6. The molecule has 0 aliphatic heterocycles. The van der Waals surface area contributed by atoms with Crippen molar-refractivity contribution < 1.29 is 5.11 Å². The Morgan fingerprint density at radius 3 is 2.26 bits per heavy atom. The molecule has 0 radical (unpaired) electrons. The van der Waals surface area contributed by atoms with Gasteiger partial charge in [-0.15, -0.1) is 0 Å². The van der Waals surface area contributed by atoms with E-state index < -0.39 is 0 Å². The fourth-order valence-corrected chi connectivity index (χ4v) is 3.96. The van der Waals surface area contributed by atoms with E-state index in [-0.39, 0.29) is 12.0 Å². The molecule has 0 atom stereocenters. The summed E-state index contributed by atoms with van der Waals surface area (Å²) < 4.78 is 1.80. The van der Waals surface area contributed by atoms with Gasteiger partial charge in [-0.05, 0) is 31.9 Å². The molecule has 0 saturated heterocycles. The minimum Gasteiger partial charge on any atom is -0.390 e. The number of aliphatic hydroxyl groups is 1. The van der Waals surface area contributed by atoms with Gasteiger partial charge in [0.25, 0.3) is 0 Å². The highest BCUT2D eigenvalue weighted by atomic mass is 32.1. The van der Waals surface area contributed by atoms with E-state index in [9.17, 15) is 5.11 Å². The van der Waals surface area contributed by atoms with E-state index in [1.54, 1.807) is 15.9 Å². The summed E-state index contributed by atoms with van der Waals surface area (Å²) in [6.07, 6.45) is 0. The maximum absolute atomic E-state index is 9.92. The smallest absolute Gasteiger partial charge is 0.213 e. The van der Waals surface area contributed by atoms with Crippen LogP contribution in [0, 0.1) is 20.8 Å². The van der Waals surface area contributed by atoms with Gasteiger partial charge in [-0.2, -0.15) is 5.10 Å². The fourth-order valence-electron chi connectivity index (χ4n) is 2.99. The monoisotopic (exact) mass is 329 g/mol. The van der Waals surface area contributed by atoms with Gasteiger partial charge >= 0.3 is 0 Å². The zero-order valence-corrected chi connectivity index (χ0v) is 15.4. The van der Waals surface area contributed by atoms with E-state index >= 15 is 0 Å². The van der Waals surface area contributed by atoms with Crippen molar-refractivity contribution in [1.82, 2.24) is 14.6 Å². The summed E-state index contributed by atoms with van der Waals surface area (Å²) in [5.74, 6) is 0. The van der Waals surface area contributed by atoms with Gasteiger partial charge < -0.3 is 5.11 Å². The van der Waals surface area contributed by atoms with Gasteiger partial charge in [0.2, 0.25) is 4.96 Å². The molecule has 3 rings (SSSR count). The summed E-state index contributed by atoms with van der Waals surface area (Å²) in [5, 5.41) is 15.6. The van der Waals surface area contributed by atoms with Crippen molar-refractivity contribution in [3.63, 3.8) is 0 Å². The number of imidazole rings is 1. The van der Waals surface area contributed by atoms with E-state index in [1.807, 2.05) is 0 Å². The van der Waals surface area contributed by atoms with Gasteiger partial charge in [-0.25, -0.2) is 9.50 Å². The Hall–Kier alpha value is -1.72. The third kappa shape index (κ3) is 2.68. The molecule has 0 unspecified atom stereocenters. The Morgan fingerprint density at radius 1 is 1.13 bits per heavy atom. The lowest BCUT2D eigenvalue weighted by Gasteiger charge is -2.13. The molecule has 0 saturated carbocycles. The highest BCUT2D eigenvalue weighted by molar-refractivity contribution is 7.16. The molecule has 122 valence electrons. The van der Waals surface area contributed by atoms with Crippen LogP contribution in [0.4, 0.5) is 0 Å². The van der Waals surface area contributed by atoms with Crippen molar-refractivity contribution in [2.75, 3.05) is 0 Å². The number of nitrogens with zero attached hydrogens (tertiary/aromatic N) is 3. The average molecular weight is 329 g/mol. The Bertz CT molecular complexity index is 861. The normalized spacial score (nSPS) is 12.3. The second-order valence-electron chi connectivity index (χ2n) is 7.19. The molecule has 3 aromatic rings. The highest BCUT2D eigenvalue weighted by Gasteiger charge is 2.24. The van der Waals surface area contributed by atoms with Crippen LogP contribution in [0.25, 0.3) is 16.2 Å².